The molecule has 3 nitrogen and oxygen atoms in total. The summed E-state index contributed by atoms with van der Waals surface area (Å²) in [5.74, 6) is 1.04. The highest BCUT2D eigenvalue weighted by molar-refractivity contribution is 9.09. The molecule has 0 aromatic carbocycles. The standard InChI is InChI=1S/C11H18BrN3/c1-3-5-10-8-11(14-9-13-10)15(4-2)7-6-12/h8-9H,3-7H2,1-2H3. The van der Waals surface area contributed by atoms with E-state index in [-0.39, 0.29) is 0 Å². The number of hydrogen-bond acceptors (Lipinski definition) is 3. The molecule has 1 aromatic rings. The second-order valence-electron chi connectivity index (χ2n) is 3.39. The molecule has 0 aliphatic carbocycles. The number of hydrogen-bond donors (Lipinski definition) is 0. The van der Waals surface area contributed by atoms with Gasteiger partial charge in [0.1, 0.15) is 12.1 Å². The van der Waals surface area contributed by atoms with Crippen LogP contribution in [0.5, 0.6) is 0 Å². The van der Waals surface area contributed by atoms with Gasteiger partial charge < -0.3 is 4.90 Å². The van der Waals surface area contributed by atoms with E-state index >= 15 is 0 Å². The highest BCUT2D eigenvalue weighted by atomic mass is 79.9. The van der Waals surface area contributed by atoms with E-state index in [0.717, 1.165) is 42.8 Å². The van der Waals surface area contributed by atoms with Gasteiger partial charge in [0, 0.05) is 30.2 Å². The third-order valence-electron chi connectivity index (χ3n) is 2.28. The number of anilines is 1. The van der Waals surface area contributed by atoms with E-state index in [2.05, 4.69) is 50.7 Å². The topological polar surface area (TPSA) is 29.0 Å². The summed E-state index contributed by atoms with van der Waals surface area (Å²) in [6, 6.07) is 2.09. The third-order valence-corrected chi connectivity index (χ3v) is 2.63. The van der Waals surface area contributed by atoms with E-state index in [1.54, 1.807) is 6.33 Å². The van der Waals surface area contributed by atoms with Gasteiger partial charge in [-0.15, -0.1) is 0 Å². The lowest BCUT2D eigenvalue weighted by molar-refractivity contribution is 0.826. The zero-order valence-electron chi connectivity index (χ0n) is 9.41. The Morgan fingerprint density at radius 2 is 2.13 bits per heavy atom. The van der Waals surface area contributed by atoms with Crippen molar-refractivity contribution in [3.8, 4) is 0 Å². The van der Waals surface area contributed by atoms with E-state index in [1.165, 1.54) is 0 Å². The highest BCUT2D eigenvalue weighted by Crippen LogP contribution is 2.11. The van der Waals surface area contributed by atoms with Crippen molar-refractivity contribution in [2.45, 2.75) is 26.7 Å². The van der Waals surface area contributed by atoms with Gasteiger partial charge in [0.15, 0.2) is 0 Å². The van der Waals surface area contributed by atoms with Crippen LogP contribution in [0.15, 0.2) is 12.4 Å². The van der Waals surface area contributed by atoms with Crippen LogP contribution in [0, 0.1) is 0 Å². The maximum atomic E-state index is 4.31. The Kier molecular flexibility index (Phi) is 5.61. The first-order valence-corrected chi connectivity index (χ1v) is 6.55. The van der Waals surface area contributed by atoms with E-state index in [0.29, 0.717) is 0 Å². The van der Waals surface area contributed by atoms with Crippen LogP contribution in [0.4, 0.5) is 5.82 Å². The smallest absolute Gasteiger partial charge is 0.132 e. The molecule has 0 N–H and O–H groups in total. The Balaban J connectivity index is 2.77. The molecule has 84 valence electrons. The molecule has 4 heteroatoms. The van der Waals surface area contributed by atoms with Crippen LogP contribution in [0.25, 0.3) is 0 Å². The first kappa shape index (κ1) is 12.4. The molecule has 0 unspecified atom stereocenters. The van der Waals surface area contributed by atoms with Crippen molar-refractivity contribution in [2.75, 3.05) is 23.3 Å². The van der Waals surface area contributed by atoms with Crippen molar-refractivity contribution in [1.82, 2.24) is 9.97 Å². The largest absolute Gasteiger partial charge is 0.356 e. The number of halogens is 1. The van der Waals surface area contributed by atoms with Gasteiger partial charge in [0.2, 0.25) is 0 Å². The molecule has 1 heterocycles. The van der Waals surface area contributed by atoms with Crippen LogP contribution in [0.1, 0.15) is 26.0 Å². The molecule has 0 aliphatic heterocycles. The predicted octanol–water partition coefficient (Wildman–Crippen LogP) is 2.65. The fraction of sp³-hybridized carbons (Fsp3) is 0.636. The van der Waals surface area contributed by atoms with Crippen molar-refractivity contribution in [1.29, 1.82) is 0 Å². The van der Waals surface area contributed by atoms with Crippen LogP contribution in [0.3, 0.4) is 0 Å². The minimum absolute atomic E-state index is 0.966. The van der Waals surface area contributed by atoms with Crippen LogP contribution in [-0.2, 0) is 6.42 Å². The Labute approximate surface area is 100 Å². The van der Waals surface area contributed by atoms with Crippen LogP contribution in [0.2, 0.25) is 0 Å². The van der Waals surface area contributed by atoms with Crippen LogP contribution < -0.4 is 4.90 Å². The molecule has 0 amide bonds. The Bertz CT molecular complexity index is 291. The minimum Gasteiger partial charge on any atom is -0.356 e. The number of aromatic nitrogens is 2. The van der Waals surface area contributed by atoms with Crippen molar-refractivity contribution < 1.29 is 0 Å². The first-order chi connectivity index (χ1) is 7.31. The summed E-state index contributed by atoms with van der Waals surface area (Å²) in [5.41, 5.74) is 1.13. The maximum Gasteiger partial charge on any atom is 0.132 e. The molecule has 0 radical (unpaired) electrons. The molecule has 1 aromatic heterocycles. The summed E-state index contributed by atoms with van der Waals surface area (Å²) in [7, 11) is 0. The van der Waals surface area contributed by atoms with E-state index < -0.39 is 0 Å². The first-order valence-electron chi connectivity index (χ1n) is 5.43. The molecular weight excluding hydrogens is 254 g/mol. The van der Waals surface area contributed by atoms with Gasteiger partial charge in [0.25, 0.3) is 0 Å². The SMILES string of the molecule is CCCc1cc(N(CC)CCBr)ncn1. The van der Waals surface area contributed by atoms with E-state index in [1.807, 2.05) is 0 Å². The maximum absolute atomic E-state index is 4.31. The second kappa shape index (κ2) is 6.77. The fourth-order valence-electron chi connectivity index (χ4n) is 1.49. The molecule has 15 heavy (non-hydrogen) atoms. The van der Waals surface area contributed by atoms with Gasteiger partial charge in [-0.3, -0.25) is 0 Å². The number of rotatable bonds is 6. The Morgan fingerprint density at radius 3 is 2.73 bits per heavy atom. The molecule has 1 rings (SSSR count). The van der Waals surface area contributed by atoms with Crippen molar-refractivity contribution >= 4 is 21.7 Å². The van der Waals surface area contributed by atoms with Gasteiger partial charge in [-0.1, -0.05) is 29.3 Å². The lowest BCUT2D eigenvalue weighted by atomic mass is 10.2. The zero-order chi connectivity index (χ0) is 11.1. The molecule has 0 fully saturated rings. The fourth-order valence-corrected chi connectivity index (χ4v) is 1.92. The van der Waals surface area contributed by atoms with Gasteiger partial charge in [-0.2, -0.15) is 0 Å². The molecule has 0 spiro atoms. The van der Waals surface area contributed by atoms with Gasteiger partial charge >= 0.3 is 0 Å². The monoisotopic (exact) mass is 271 g/mol. The minimum atomic E-state index is 0.966. The van der Waals surface area contributed by atoms with Gasteiger partial charge in [-0.25, -0.2) is 9.97 Å². The van der Waals surface area contributed by atoms with Crippen molar-refractivity contribution in [2.24, 2.45) is 0 Å². The summed E-state index contributed by atoms with van der Waals surface area (Å²) in [5, 5.41) is 0.966. The average Bonchev–Trinajstić information content (AvgIpc) is 2.27. The van der Waals surface area contributed by atoms with E-state index in [9.17, 15) is 0 Å². The summed E-state index contributed by atoms with van der Waals surface area (Å²) < 4.78 is 0. The summed E-state index contributed by atoms with van der Waals surface area (Å²) >= 11 is 3.45. The Hall–Kier alpha value is -0.640. The lowest BCUT2D eigenvalue weighted by Gasteiger charge is -2.20. The molecule has 0 saturated heterocycles. The number of alkyl halides is 1. The highest BCUT2D eigenvalue weighted by Gasteiger charge is 2.05. The molecule has 0 saturated carbocycles. The lowest BCUT2D eigenvalue weighted by Crippen LogP contribution is -2.25. The summed E-state index contributed by atoms with van der Waals surface area (Å²) in [6.07, 6.45) is 3.82. The van der Waals surface area contributed by atoms with Gasteiger partial charge in [-0.05, 0) is 13.3 Å². The molecule has 0 atom stereocenters. The molecular formula is C11H18BrN3. The van der Waals surface area contributed by atoms with Crippen molar-refractivity contribution in [3.63, 3.8) is 0 Å². The zero-order valence-corrected chi connectivity index (χ0v) is 11.0. The molecule has 0 bridgehead atoms. The predicted molar refractivity (Wildman–Crippen MR) is 67.7 cm³/mol. The van der Waals surface area contributed by atoms with Crippen LogP contribution >= 0.6 is 15.9 Å². The average molecular weight is 272 g/mol. The Morgan fingerprint density at radius 1 is 1.33 bits per heavy atom. The normalized spacial score (nSPS) is 10.3. The number of nitrogens with zero attached hydrogens (tertiary/aromatic N) is 3. The second-order valence-corrected chi connectivity index (χ2v) is 4.18. The summed E-state index contributed by atoms with van der Waals surface area (Å²) in [4.78, 5) is 10.8. The van der Waals surface area contributed by atoms with E-state index in [4.69, 9.17) is 0 Å². The summed E-state index contributed by atoms with van der Waals surface area (Å²) in [6.45, 7) is 6.27. The quantitative estimate of drug-likeness (QED) is 0.745. The van der Waals surface area contributed by atoms with Gasteiger partial charge in [0.05, 0.1) is 0 Å². The van der Waals surface area contributed by atoms with Crippen molar-refractivity contribution in [3.05, 3.63) is 18.1 Å². The third kappa shape index (κ3) is 3.78. The number of aryl methyl sites for hydroxylation is 1. The molecule has 0 aliphatic rings. The van der Waals surface area contributed by atoms with Crippen LogP contribution in [-0.4, -0.2) is 28.4 Å².